The first-order chi connectivity index (χ1) is 6.74. The van der Waals surface area contributed by atoms with Gasteiger partial charge in [-0.3, -0.25) is 0 Å². The van der Waals surface area contributed by atoms with Gasteiger partial charge in [0.25, 0.3) is 0 Å². The molecule has 0 radical (unpaired) electrons. The summed E-state index contributed by atoms with van der Waals surface area (Å²) in [5.41, 5.74) is 5.81. The molecule has 0 aliphatic heterocycles. The molecule has 0 aromatic heterocycles. The maximum absolute atomic E-state index is 5.81. The monoisotopic (exact) mass is 199 g/mol. The largest absolute Gasteiger partial charge is 0.379 e. The van der Waals surface area contributed by atoms with Crippen molar-refractivity contribution in [1.29, 1.82) is 0 Å². The highest BCUT2D eigenvalue weighted by atomic mass is 16.5. The van der Waals surface area contributed by atoms with Crippen LogP contribution in [0.4, 0.5) is 0 Å². The molecule has 0 aromatic rings. The van der Waals surface area contributed by atoms with Crippen molar-refractivity contribution >= 4 is 0 Å². The van der Waals surface area contributed by atoms with Crippen LogP contribution in [0.2, 0.25) is 0 Å². The molecule has 0 saturated heterocycles. The number of rotatable bonds is 6. The Kier molecular flexibility index (Phi) is 5.49. The fraction of sp³-hybridized carbons (Fsp3) is 1.00. The van der Waals surface area contributed by atoms with Gasteiger partial charge >= 0.3 is 0 Å². The zero-order valence-electron chi connectivity index (χ0n) is 9.67. The molecule has 1 fully saturated rings. The van der Waals surface area contributed by atoms with Gasteiger partial charge in [-0.1, -0.05) is 25.7 Å². The summed E-state index contributed by atoms with van der Waals surface area (Å²) in [7, 11) is 0. The molecule has 0 aromatic carbocycles. The molecule has 1 aliphatic rings. The summed E-state index contributed by atoms with van der Waals surface area (Å²) in [4.78, 5) is 0. The fourth-order valence-corrected chi connectivity index (χ4v) is 2.43. The topological polar surface area (TPSA) is 35.2 Å². The van der Waals surface area contributed by atoms with E-state index in [0.717, 1.165) is 25.5 Å². The first-order valence-corrected chi connectivity index (χ1v) is 6.05. The molecule has 2 heteroatoms. The Hall–Kier alpha value is -0.0800. The molecule has 14 heavy (non-hydrogen) atoms. The molecule has 1 unspecified atom stereocenters. The van der Waals surface area contributed by atoms with Crippen LogP contribution < -0.4 is 5.73 Å². The molecular formula is C12H25NO. The lowest BCUT2D eigenvalue weighted by Crippen LogP contribution is -2.23. The summed E-state index contributed by atoms with van der Waals surface area (Å²) in [6.45, 7) is 5.90. The van der Waals surface area contributed by atoms with Gasteiger partial charge in [-0.2, -0.15) is 0 Å². The molecule has 0 amide bonds. The Labute approximate surface area is 88.2 Å². The zero-order valence-corrected chi connectivity index (χ0v) is 9.67. The van der Waals surface area contributed by atoms with Crippen LogP contribution in [-0.4, -0.2) is 19.3 Å². The van der Waals surface area contributed by atoms with Crippen molar-refractivity contribution in [3.8, 4) is 0 Å². The molecule has 2 N–H and O–H groups in total. The molecule has 0 spiro atoms. The maximum Gasteiger partial charge on any atom is 0.0518 e. The fourth-order valence-electron chi connectivity index (χ4n) is 2.43. The van der Waals surface area contributed by atoms with Crippen LogP contribution in [0.25, 0.3) is 0 Å². The van der Waals surface area contributed by atoms with E-state index in [2.05, 4.69) is 13.8 Å². The van der Waals surface area contributed by atoms with E-state index >= 15 is 0 Å². The van der Waals surface area contributed by atoms with E-state index in [-0.39, 0.29) is 0 Å². The Morgan fingerprint density at radius 1 is 1.29 bits per heavy atom. The second-order valence-corrected chi connectivity index (χ2v) is 4.75. The van der Waals surface area contributed by atoms with Crippen LogP contribution >= 0.6 is 0 Å². The minimum atomic E-state index is 0.358. The smallest absolute Gasteiger partial charge is 0.0518 e. The van der Waals surface area contributed by atoms with Crippen LogP contribution in [0.15, 0.2) is 0 Å². The quantitative estimate of drug-likeness (QED) is 0.713. The Bertz CT molecular complexity index is 141. The van der Waals surface area contributed by atoms with Crippen LogP contribution in [0.3, 0.4) is 0 Å². The number of ether oxygens (including phenoxy) is 1. The van der Waals surface area contributed by atoms with Crippen molar-refractivity contribution in [2.45, 2.75) is 52.1 Å². The van der Waals surface area contributed by atoms with Crippen molar-refractivity contribution in [2.24, 2.45) is 17.6 Å². The van der Waals surface area contributed by atoms with E-state index in [4.69, 9.17) is 10.5 Å². The molecule has 0 bridgehead atoms. The van der Waals surface area contributed by atoms with Gasteiger partial charge in [0.1, 0.15) is 0 Å². The van der Waals surface area contributed by atoms with E-state index in [1.807, 2.05) is 0 Å². The number of hydrogen-bond acceptors (Lipinski definition) is 2. The predicted octanol–water partition coefficient (Wildman–Crippen LogP) is 2.57. The molecule has 2 nitrogen and oxygen atoms in total. The standard InChI is InChI=1S/C12H25NO/c1-10(2)14-8-7-12(9-13)11-5-3-4-6-11/h10-12H,3-9,13H2,1-2H3. The summed E-state index contributed by atoms with van der Waals surface area (Å²) in [6.07, 6.45) is 7.11. The summed E-state index contributed by atoms with van der Waals surface area (Å²) in [5.74, 6) is 1.59. The third-order valence-electron chi connectivity index (χ3n) is 3.31. The highest BCUT2D eigenvalue weighted by molar-refractivity contribution is 4.76. The van der Waals surface area contributed by atoms with Crippen LogP contribution in [0, 0.1) is 11.8 Å². The highest BCUT2D eigenvalue weighted by Crippen LogP contribution is 2.32. The average Bonchev–Trinajstić information content (AvgIpc) is 2.64. The van der Waals surface area contributed by atoms with Crippen molar-refractivity contribution in [2.75, 3.05) is 13.2 Å². The number of hydrogen-bond donors (Lipinski definition) is 1. The van der Waals surface area contributed by atoms with E-state index in [9.17, 15) is 0 Å². The lowest BCUT2D eigenvalue weighted by molar-refractivity contribution is 0.0634. The van der Waals surface area contributed by atoms with Crippen molar-refractivity contribution < 1.29 is 4.74 Å². The Morgan fingerprint density at radius 2 is 1.93 bits per heavy atom. The highest BCUT2D eigenvalue weighted by Gasteiger charge is 2.23. The van der Waals surface area contributed by atoms with Gasteiger partial charge in [0.05, 0.1) is 6.10 Å². The van der Waals surface area contributed by atoms with Crippen LogP contribution in [0.5, 0.6) is 0 Å². The second-order valence-electron chi connectivity index (χ2n) is 4.75. The zero-order chi connectivity index (χ0) is 10.4. The molecule has 1 saturated carbocycles. The van der Waals surface area contributed by atoms with Crippen molar-refractivity contribution in [3.63, 3.8) is 0 Å². The molecule has 1 aliphatic carbocycles. The van der Waals surface area contributed by atoms with Gasteiger partial charge in [0, 0.05) is 6.61 Å². The van der Waals surface area contributed by atoms with E-state index in [1.165, 1.54) is 25.7 Å². The predicted molar refractivity (Wildman–Crippen MR) is 60.2 cm³/mol. The minimum absolute atomic E-state index is 0.358. The third-order valence-corrected chi connectivity index (χ3v) is 3.31. The average molecular weight is 199 g/mol. The minimum Gasteiger partial charge on any atom is -0.379 e. The normalized spacial score (nSPS) is 20.6. The first kappa shape index (κ1) is 12.0. The summed E-state index contributed by atoms with van der Waals surface area (Å²) in [5, 5.41) is 0. The van der Waals surface area contributed by atoms with E-state index < -0.39 is 0 Å². The number of nitrogens with two attached hydrogens (primary N) is 1. The molecule has 1 atom stereocenters. The van der Waals surface area contributed by atoms with Crippen molar-refractivity contribution in [3.05, 3.63) is 0 Å². The second kappa shape index (κ2) is 6.41. The Morgan fingerprint density at radius 3 is 2.43 bits per heavy atom. The third kappa shape index (κ3) is 3.97. The molecule has 1 rings (SSSR count). The molecule has 0 heterocycles. The summed E-state index contributed by atoms with van der Waals surface area (Å²) in [6, 6.07) is 0. The van der Waals surface area contributed by atoms with Gasteiger partial charge in [-0.15, -0.1) is 0 Å². The molecular weight excluding hydrogens is 174 g/mol. The van der Waals surface area contributed by atoms with Gasteiger partial charge in [-0.05, 0) is 38.6 Å². The lowest BCUT2D eigenvalue weighted by atomic mass is 9.88. The van der Waals surface area contributed by atoms with Gasteiger partial charge in [0.2, 0.25) is 0 Å². The molecule has 84 valence electrons. The van der Waals surface area contributed by atoms with Gasteiger partial charge in [0.15, 0.2) is 0 Å². The summed E-state index contributed by atoms with van der Waals surface area (Å²) >= 11 is 0. The van der Waals surface area contributed by atoms with Crippen molar-refractivity contribution in [1.82, 2.24) is 0 Å². The summed E-state index contributed by atoms with van der Waals surface area (Å²) < 4.78 is 5.58. The van der Waals surface area contributed by atoms with E-state index in [1.54, 1.807) is 0 Å². The van der Waals surface area contributed by atoms with Gasteiger partial charge < -0.3 is 10.5 Å². The maximum atomic E-state index is 5.81. The Balaban J connectivity index is 2.17. The van der Waals surface area contributed by atoms with Gasteiger partial charge in [-0.25, -0.2) is 0 Å². The lowest BCUT2D eigenvalue weighted by Gasteiger charge is -2.22. The first-order valence-electron chi connectivity index (χ1n) is 6.05. The van der Waals surface area contributed by atoms with Crippen LogP contribution in [-0.2, 0) is 4.74 Å². The van der Waals surface area contributed by atoms with Crippen LogP contribution in [0.1, 0.15) is 46.0 Å². The van der Waals surface area contributed by atoms with E-state index in [0.29, 0.717) is 12.0 Å². The SMILES string of the molecule is CC(C)OCCC(CN)C1CCCC1.